The second-order valence-corrected chi connectivity index (χ2v) is 8.04. The molecule has 0 bridgehead atoms. The van der Waals surface area contributed by atoms with Crippen LogP contribution in [0.4, 0.5) is 0 Å². The number of halogens is 1. The summed E-state index contributed by atoms with van der Waals surface area (Å²) in [5.74, 6) is 0.820. The molecule has 29 heavy (non-hydrogen) atoms. The van der Waals surface area contributed by atoms with Crippen molar-refractivity contribution < 1.29 is 17.9 Å². The number of hydrazone groups is 1. The summed E-state index contributed by atoms with van der Waals surface area (Å²) in [7, 11) is -2.24. The summed E-state index contributed by atoms with van der Waals surface area (Å²) in [6, 6.07) is 20.9. The molecule has 0 aliphatic heterocycles. The Balaban J connectivity index is 1.73. The van der Waals surface area contributed by atoms with Crippen molar-refractivity contribution in [2.75, 3.05) is 7.11 Å². The molecule has 3 rings (SSSR count). The number of ether oxygens (including phenoxy) is 2. The second-order valence-electron chi connectivity index (χ2n) is 5.97. The van der Waals surface area contributed by atoms with E-state index in [1.807, 2.05) is 30.3 Å². The Bertz CT molecular complexity index is 1090. The first-order chi connectivity index (χ1) is 14.0. The highest BCUT2D eigenvalue weighted by Gasteiger charge is 2.13. The van der Waals surface area contributed by atoms with Crippen LogP contribution in [0.25, 0.3) is 0 Å². The molecule has 6 nitrogen and oxygen atoms in total. The van der Waals surface area contributed by atoms with Gasteiger partial charge in [0.25, 0.3) is 10.0 Å². The highest BCUT2D eigenvalue weighted by atomic mass is 35.5. The second kappa shape index (κ2) is 9.45. The number of hydrogen-bond acceptors (Lipinski definition) is 5. The summed E-state index contributed by atoms with van der Waals surface area (Å²) in [5, 5.41) is 4.14. The van der Waals surface area contributed by atoms with Crippen LogP contribution in [0.1, 0.15) is 11.1 Å². The van der Waals surface area contributed by atoms with Gasteiger partial charge in [-0.1, -0.05) is 60.1 Å². The van der Waals surface area contributed by atoms with E-state index in [9.17, 15) is 8.42 Å². The normalized spacial score (nSPS) is 11.4. The standard InChI is InChI=1S/C21H19ClN2O4S/c1-27-20-13-17(14-23-24-29(25,26)18-10-6-3-7-11-18)12-19(22)21(20)28-15-16-8-4-2-5-9-16/h2-14,24H,15H2,1H3/b23-14-. The lowest BCUT2D eigenvalue weighted by Gasteiger charge is -2.13. The van der Waals surface area contributed by atoms with Crippen LogP contribution >= 0.6 is 11.6 Å². The van der Waals surface area contributed by atoms with Gasteiger partial charge in [-0.2, -0.15) is 13.5 Å². The van der Waals surface area contributed by atoms with E-state index >= 15 is 0 Å². The van der Waals surface area contributed by atoms with Crippen molar-refractivity contribution in [3.8, 4) is 11.5 Å². The minimum absolute atomic E-state index is 0.123. The summed E-state index contributed by atoms with van der Waals surface area (Å²) in [4.78, 5) is 2.29. The van der Waals surface area contributed by atoms with Crippen molar-refractivity contribution in [2.24, 2.45) is 5.10 Å². The molecular formula is C21H19ClN2O4S. The molecule has 1 N–H and O–H groups in total. The van der Waals surface area contributed by atoms with E-state index in [1.165, 1.54) is 25.5 Å². The zero-order valence-corrected chi connectivity index (χ0v) is 17.2. The van der Waals surface area contributed by atoms with Crippen molar-refractivity contribution in [3.05, 3.63) is 88.9 Å². The van der Waals surface area contributed by atoms with Crippen molar-refractivity contribution in [1.82, 2.24) is 4.83 Å². The molecule has 0 spiro atoms. The molecule has 0 heterocycles. The van der Waals surface area contributed by atoms with E-state index in [1.54, 1.807) is 30.3 Å². The molecule has 0 aliphatic carbocycles. The summed E-state index contributed by atoms with van der Waals surface area (Å²) in [5.41, 5.74) is 1.54. The molecule has 150 valence electrons. The molecule has 0 radical (unpaired) electrons. The van der Waals surface area contributed by atoms with Crippen LogP contribution < -0.4 is 14.3 Å². The molecule has 0 atom stereocenters. The van der Waals surface area contributed by atoms with Crippen molar-refractivity contribution in [1.29, 1.82) is 0 Å². The van der Waals surface area contributed by atoms with Gasteiger partial charge in [-0.05, 0) is 35.4 Å². The predicted molar refractivity (Wildman–Crippen MR) is 113 cm³/mol. The topological polar surface area (TPSA) is 77.0 Å². The number of methoxy groups -OCH3 is 1. The smallest absolute Gasteiger partial charge is 0.276 e. The fourth-order valence-electron chi connectivity index (χ4n) is 2.51. The third kappa shape index (κ3) is 5.49. The third-order valence-corrected chi connectivity index (χ3v) is 5.44. The monoisotopic (exact) mass is 430 g/mol. The lowest BCUT2D eigenvalue weighted by atomic mass is 10.2. The maximum atomic E-state index is 12.2. The van der Waals surface area contributed by atoms with E-state index in [0.29, 0.717) is 28.7 Å². The zero-order valence-electron chi connectivity index (χ0n) is 15.6. The SMILES string of the molecule is COc1cc(/C=N\NS(=O)(=O)c2ccccc2)cc(Cl)c1OCc1ccccc1. The molecule has 3 aromatic rings. The Hall–Kier alpha value is -3.03. The molecule has 0 saturated carbocycles. The van der Waals surface area contributed by atoms with E-state index in [0.717, 1.165) is 5.56 Å². The van der Waals surface area contributed by atoms with Crippen LogP contribution in [-0.2, 0) is 16.6 Å². The Labute approximate surface area is 174 Å². The maximum absolute atomic E-state index is 12.2. The summed E-state index contributed by atoms with van der Waals surface area (Å²) in [6.07, 6.45) is 1.34. The van der Waals surface area contributed by atoms with Gasteiger partial charge in [0.15, 0.2) is 11.5 Å². The number of nitrogens with zero attached hydrogens (tertiary/aromatic N) is 1. The predicted octanol–water partition coefficient (Wildman–Crippen LogP) is 4.24. The minimum Gasteiger partial charge on any atom is -0.493 e. The van der Waals surface area contributed by atoms with E-state index in [-0.39, 0.29) is 4.90 Å². The van der Waals surface area contributed by atoms with Gasteiger partial charge >= 0.3 is 0 Å². The van der Waals surface area contributed by atoms with Crippen molar-refractivity contribution in [3.63, 3.8) is 0 Å². The van der Waals surface area contributed by atoms with Crippen molar-refractivity contribution in [2.45, 2.75) is 11.5 Å². The summed E-state index contributed by atoms with van der Waals surface area (Å²) >= 11 is 6.34. The Morgan fingerprint density at radius 2 is 1.69 bits per heavy atom. The lowest BCUT2D eigenvalue weighted by Crippen LogP contribution is -2.18. The summed E-state index contributed by atoms with van der Waals surface area (Å²) < 4.78 is 35.5. The number of rotatable bonds is 8. The Morgan fingerprint density at radius 1 is 1.03 bits per heavy atom. The molecule has 0 amide bonds. The quantitative estimate of drug-likeness (QED) is 0.428. The number of nitrogens with one attached hydrogen (secondary N) is 1. The van der Waals surface area contributed by atoms with Gasteiger partial charge in [-0.25, -0.2) is 4.83 Å². The van der Waals surface area contributed by atoms with E-state index < -0.39 is 10.0 Å². The molecule has 8 heteroatoms. The molecule has 3 aromatic carbocycles. The molecule has 0 saturated heterocycles. The van der Waals surface area contributed by atoms with Gasteiger partial charge in [0.05, 0.1) is 23.2 Å². The molecule has 0 fully saturated rings. The zero-order chi connectivity index (χ0) is 20.7. The number of benzene rings is 3. The minimum atomic E-state index is -3.74. The number of sulfonamides is 1. The highest BCUT2D eigenvalue weighted by Crippen LogP contribution is 2.36. The summed E-state index contributed by atoms with van der Waals surface area (Å²) in [6.45, 7) is 0.335. The van der Waals surface area contributed by atoms with E-state index in [2.05, 4.69) is 9.93 Å². The Morgan fingerprint density at radius 3 is 2.34 bits per heavy atom. The molecular weight excluding hydrogens is 412 g/mol. The average molecular weight is 431 g/mol. The van der Waals surface area contributed by atoms with Crippen LogP contribution in [-0.4, -0.2) is 21.7 Å². The van der Waals surface area contributed by atoms with Crippen LogP contribution in [0.5, 0.6) is 11.5 Å². The average Bonchev–Trinajstić information content (AvgIpc) is 2.74. The van der Waals surface area contributed by atoms with Gasteiger partial charge in [-0.3, -0.25) is 0 Å². The van der Waals surface area contributed by atoms with Gasteiger partial charge in [0.1, 0.15) is 6.61 Å². The van der Waals surface area contributed by atoms with Crippen LogP contribution in [0.15, 0.2) is 82.8 Å². The highest BCUT2D eigenvalue weighted by molar-refractivity contribution is 7.89. The van der Waals surface area contributed by atoms with Crippen molar-refractivity contribution >= 4 is 27.8 Å². The molecule has 0 unspecified atom stereocenters. The van der Waals surface area contributed by atoms with Gasteiger partial charge in [0, 0.05) is 0 Å². The lowest BCUT2D eigenvalue weighted by molar-refractivity contribution is 0.284. The first-order valence-corrected chi connectivity index (χ1v) is 10.5. The molecule has 0 aliphatic rings. The van der Waals surface area contributed by atoms with E-state index in [4.69, 9.17) is 21.1 Å². The largest absolute Gasteiger partial charge is 0.493 e. The first kappa shape index (κ1) is 20.7. The van der Waals surface area contributed by atoms with Gasteiger partial charge in [-0.15, -0.1) is 0 Å². The Kier molecular flexibility index (Phi) is 6.74. The third-order valence-electron chi connectivity index (χ3n) is 3.92. The van der Waals surface area contributed by atoms with Gasteiger partial charge in [0.2, 0.25) is 0 Å². The fraction of sp³-hybridized carbons (Fsp3) is 0.0952. The van der Waals surface area contributed by atoms with Crippen LogP contribution in [0, 0.1) is 0 Å². The maximum Gasteiger partial charge on any atom is 0.276 e. The molecule has 0 aromatic heterocycles. The fourth-order valence-corrected chi connectivity index (χ4v) is 3.59. The van der Waals surface area contributed by atoms with Gasteiger partial charge < -0.3 is 9.47 Å². The number of hydrogen-bond donors (Lipinski definition) is 1. The first-order valence-electron chi connectivity index (χ1n) is 8.64. The van der Waals surface area contributed by atoms with Crippen LogP contribution in [0.2, 0.25) is 5.02 Å². The van der Waals surface area contributed by atoms with Crippen LogP contribution in [0.3, 0.4) is 0 Å².